The van der Waals surface area contributed by atoms with Gasteiger partial charge >= 0.3 is 0 Å². The van der Waals surface area contributed by atoms with Crippen LogP contribution in [-0.2, 0) is 17.8 Å². The third-order valence-corrected chi connectivity index (χ3v) is 2.35. The molecule has 0 atom stereocenters. The number of methoxy groups -OCH3 is 2. The third kappa shape index (κ3) is 3.18. The topological polar surface area (TPSA) is 38.7 Å². The first-order valence-corrected chi connectivity index (χ1v) is 5.18. The number of aryl methyl sites for hydroxylation is 1. The van der Waals surface area contributed by atoms with Gasteiger partial charge in [-0.2, -0.15) is 0 Å². The monoisotopic (exact) mass is 228 g/mol. The molecule has 0 unspecified atom stereocenters. The predicted octanol–water partition coefficient (Wildman–Crippen LogP) is 1.91. The molecule has 1 aromatic carbocycles. The summed E-state index contributed by atoms with van der Waals surface area (Å²) in [6.07, 6.45) is 1.07. The van der Waals surface area contributed by atoms with E-state index in [1.807, 2.05) is 0 Å². The fourth-order valence-corrected chi connectivity index (χ4v) is 1.57. The van der Waals surface area contributed by atoms with E-state index in [2.05, 4.69) is 0 Å². The van der Waals surface area contributed by atoms with Crippen molar-refractivity contribution in [3.8, 4) is 5.75 Å². The van der Waals surface area contributed by atoms with Crippen LogP contribution in [-0.4, -0.2) is 25.9 Å². The van der Waals surface area contributed by atoms with Gasteiger partial charge in [0.2, 0.25) is 0 Å². The van der Waals surface area contributed by atoms with E-state index in [4.69, 9.17) is 14.6 Å². The Labute approximate surface area is 94.8 Å². The average molecular weight is 228 g/mol. The van der Waals surface area contributed by atoms with Crippen molar-refractivity contribution in [2.45, 2.75) is 19.4 Å². The van der Waals surface area contributed by atoms with Crippen LogP contribution in [0, 0.1) is 5.82 Å². The van der Waals surface area contributed by atoms with Gasteiger partial charge in [0.25, 0.3) is 0 Å². The molecule has 3 nitrogen and oxygen atoms in total. The van der Waals surface area contributed by atoms with Crippen molar-refractivity contribution in [3.05, 3.63) is 29.1 Å². The molecule has 0 heterocycles. The lowest BCUT2D eigenvalue weighted by atomic mass is 10.1. The molecule has 0 radical (unpaired) electrons. The van der Waals surface area contributed by atoms with Crippen molar-refractivity contribution in [3.63, 3.8) is 0 Å². The van der Waals surface area contributed by atoms with E-state index in [-0.39, 0.29) is 12.4 Å². The molecule has 0 fully saturated rings. The van der Waals surface area contributed by atoms with Crippen LogP contribution in [0.2, 0.25) is 0 Å². The average Bonchev–Trinajstić information content (AvgIpc) is 2.29. The smallest absolute Gasteiger partial charge is 0.130 e. The number of aliphatic hydroxyl groups excluding tert-OH is 1. The van der Waals surface area contributed by atoms with Crippen LogP contribution < -0.4 is 4.74 Å². The molecule has 1 rings (SSSR count). The quantitative estimate of drug-likeness (QED) is 0.808. The van der Waals surface area contributed by atoms with Crippen LogP contribution in [0.25, 0.3) is 0 Å². The Morgan fingerprint density at radius 1 is 1.25 bits per heavy atom. The van der Waals surface area contributed by atoms with E-state index in [0.717, 1.165) is 5.56 Å². The van der Waals surface area contributed by atoms with E-state index in [0.29, 0.717) is 30.8 Å². The molecule has 1 N–H and O–H groups in total. The van der Waals surface area contributed by atoms with Crippen LogP contribution in [0.15, 0.2) is 12.1 Å². The van der Waals surface area contributed by atoms with Gasteiger partial charge in [0, 0.05) is 25.3 Å². The summed E-state index contributed by atoms with van der Waals surface area (Å²) in [6, 6.07) is 3.09. The summed E-state index contributed by atoms with van der Waals surface area (Å²) < 4.78 is 23.7. The molecule has 0 aliphatic carbocycles. The van der Waals surface area contributed by atoms with Crippen LogP contribution in [0.3, 0.4) is 0 Å². The first-order valence-electron chi connectivity index (χ1n) is 5.18. The van der Waals surface area contributed by atoms with Crippen LogP contribution in [0.1, 0.15) is 17.5 Å². The minimum Gasteiger partial charge on any atom is -0.496 e. The van der Waals surface area contributed by atoms with E-state index in [9.17, 15) is 4.39 Å². The summed E-state index contributed by atoms with van der Waals surface area (Å²) >= 11 is 0. The molecule has 0 saturated carbocycles. The van der Waals surface area contributed by atoms with Gasteiger partial charge in [-0.1, -0.05) is 0 Å². The van der Waals surface area contributed by atoms with Crippen molar-refractivity contribution in [1.29, 1.82) is 0 Å². The highest BCUT2D eigenvalue weighted by atomic mass is 19.1. The molecule has 0 aliphatic rings. The Hall–Kier alpha value is -1.13. The number of benzene rings is 1. The van der Waals surface area contributed by atoms with E-state index in [1.165, 1.54) is 13.2 Å². The molecule has 4 heteroatoms. The molecule has 0 amide bonds. The molecular weight excluding hydrogens is 211 g/mol. The van der Waals surface area contributed by atoms with Gasteiger partial charge in [-0.25, -0.2) is 4.39 Å². The van der Waals surface area contributed by atoms with E-state index >= 15 is 0 Å². The third-order valence-electron chi connectivity index (χ3n) is 2.35. The summed E-state index contributed by atoms with van der Waals surface area (Å²) in [5.74, 6) is 0.192. The summed E-state index contributed by atoms with van der Waals surface area (Å²) in [7, 11) is 3.08. The van der Waals surface area contributed by atoms with Gasteiger partial charge in [-0.05, 0) is 24.5 Å². The second-order valence-corrected chi connectivity index (χ2v) is 3.52. The van der Waals surface area contributed by atoms with Gasteiger partial charge in [0.1, 0.15) is 11.6 Å². The molecule has 0 saturated heterocycles. The SMILES string of the molecule is COCc1cc(CCCO)c(F)cc1OC. The molecule has 16 heavy (non-hydrogen) atoms. The number of hydrogen-bond acceptors (Lipinski definition) is 3. The number of ether oxygens (including phenoxy) is 2. The number of rotatable bonds is 6. The normalized spacial score (nSPS) is 10.5. The molecule has 0 spiro atoms. The summed E-state index contributed by atoms with van der Waals surface area (Å²) in [4.78, 5) is 0. The molecule has 0 bridgehead atoms. The summed E-state index contributed by atoms with van der Waals surface area (Å²) in [5.41, 5.74) is 1.40. The minimum atomic E-state index is -0.301. The second kappa shape index (κ2) is 6.45. The Morgan fingerprint density at radius 3 is 2.56 bits per heavy atom. The Balaban J connectivity index is 2.96. The standard InChI is InChI=1S/C12H17FO3/c1-15-8-10-6-9(4-3-5-14)11(13)7-12(10)16-2/h6-7,14H,3-5,8H2,1-2H3. The first kappa shape index (κ1) is 12.9. The lowest BCUT2D eigenvalue weighted by molar-refractivity contribution is 0.181. The maximum Gasteiger partial charge on any atom is 0.130 e. The van der Waals surface area contributed by atoms with Gasteiger partial charge in [-0.15, -0.1) is 0 Å². The largest absolute Gasteiger partial charge is 0.496 e. The highest BCUT2D eigenvalue weighted by Gasteiger charge is 2.10. The fourth-order valence-electron chi connectivity index (χ4n) is 1.57. The molecule has 1 aromatic rings. The maximum absolute atomic E-state index is 13.6. The van der Waals surface area contributed by atoms with Crippen LogP contribution in [0.4, 0.5) is 4.39 Å². The minimum absolute atomic E-state index is 0.0606. The van der Waals surface area contributed by atoms with Crippen molar-refractivity contribution in [1.82, 2.24) is 0 Å². The molecule has 0 aromatic heterocycles. The zero-order valence-corrected chi connectivity index (χ0v) is 9.62. The Morgan fingerprint density at radius 2 is 2.00 bits per heavy atom. The van der Waals surface area contributed by atoms with E-state index in [1.54, 1.807) is 13.2 Å². The fraction of sp³-hybridized carbons (Fsp3) is 0.500. The number of halogens is 1. The highest BCUT2D eigenvalue weighted by molar-refractivity contribution is 5.38. The van der Waals surface area contributed by atoms with Gasteiger partial charge in [0.15, 0.2) is 0 Å². The zero-order valence-electron chi connectivity index (χ0n) is 9.62. The van der Waals surface area contributed by atoms with Gasteiger partial charge in [0.05, 0.1) is 13.7 Å². The van der Waals surface area contributed by atoms with Crippen molar-refractivity contribution >= 4 is 0 Å². The number of hydrogen-bond donors (Lipinski definition) is 1. The Bertz CT molecular complexity index is 339. The van der Waals surface area contributed by atoms with Gasteiger partial charge in [-0.3, -0.25) is 0 Å². The van der Waals surface area contributed by atoms with Crippen molar-refractivity contribution < 1.29 is 19.0 Å². The predicted molar refractivity (Wildman–Crippen MR) is 59.1 cm³/mol. The zero-order chi connectivity index (χ0) is 12.0. The molecular formula is C12H17FO3. The summed E-state index contributed by atoms with van der Waals surface area (Å²) in [5, 5.41) is 8.72. The second-order valence-electron chi connectivity index (χ2n) is 3.52. The van der Waals surface area contributed by atoms with Crippen LogP contribution in [0.5, 0.6) is 5.75 Å². The lowest BCUT2D eigenvalue weighted by Crippen LogP contribution is -2.00. The highest BCUT2D eigenvalue weighted by Crippen LogP contribution is 2.24. The Kier molecular flexibility index (Phi) is 5.22. The maximum atomic E-state index is 13.6. The van der Waals surface area contributed by atoms with Crippen molar-refractivity contribution in [2.24, 2.45) is 0 Å². The first-order chi connectivity index (χ1) is 7.72. The number of aliphatic hydroxyl groups is 1. The molecule has 90 valence electrons. The molecule has 0 aliphatic heterocycles. The summed E-state index contributed by atoms with van der Waals surface area (Å²) in [6.45, 7) is 0.445. The lowest BCUT2D eigenvalue weighted by Gasteiger charge is -2.11. The van der Waals surface area contributed by atoms with Gasteiger partial charge < -0.3 is 14.6 Å². The van der Waals surface area contributed by atoms with Crippen LogP contribution >= 0.6 is 0 Å². The van der Waals surface area contributed by atoms with Crippen molar-refractivity contribution in [2.75, 3.05) is 20.8 Å². The van der Waals surface area contributed by atoms with E-state index < -0.39 is 0 Å².